The van der Waals surface area contributed by atoms with E-state index < -0.39 is 28.7 Å². The average Bonchev–Trinajstić information content (AvgIpc) is 3.44. The highest BCUT2D eigenvalue weighted by atomic mass is 79.9. The van der Waals surface area contributed by atoms with E-state index in [0.717, 1.165) is 20.1 Å². The number of anilines is 1. The van der Waals surface area contributed by atoms with Crippen molar-refractivity contribution in [2.24, 2.45) is 5.10 Å². The van der Waals surface area contributed by atoms with Crippen LogP contribution >= 0.6 is 27.5 Å². The molecule has 45 heavy (non-hydrogen) atoms. The summed E-state index contributed by atoms with van der Waals surface area (Å²) in [6.07, 6.45) is 1.24. The molecule has 2 aromatic heterocycles. The molecule has 0 radical (unpaired) electrons. The maximum Gasteiger partial charge on any atom is 0.313 e. The number of carbonyl (C=O) groups is 1. The van der Waals surface area contributed by atoms with E-state index in [1.807, 2.05) is 31.2 Å². The van der Waals surface area contributed by atoms with Gasteiger partial charge in [-0.1, -0.05) is 57.9 Å². The molecule has 224 valence electrons. The average molecular weight is 687 g/mol. The molecule has 6 aromatic rings. The van der Waals surface area contributed by atoms with Gasteiger partial charge in [0.25, 0.3) is 11.5 Å². The van der Waals surface area contributed by atoms with E-state index in [0.29, 0.717) is 27.9 Å². The molecular weight excluding hydrogens is 666 g/mol. The number of hydrogen-bond acceptors (Lipinski definition) is 8. The molecule has 0 aliphatic heterocycles. The summed E-state index contributed by atoms with van der Waals surface area (Å²) >= 11 is 9.84. The smallest absolute Gasteiger partial charge is 0.313 e. The van der Waals surface area contributed by atoms with Crippen LogP contribution < -0.4 is 15.6 Å². The van der Waals surface area contributed by atoms with Gasteiger partial charge in [-0.2, -0.15) is 9.78 Å². The summed E-state index contributed by atoms with van der Waals surface area (Å²) in [6, 6.07) is 23.8. The number of furan rings is 1. The standard InChI is InChI=1S/C32H21BrClN5O6/c1-18-6-2-4-8-24(18)36-29(40)17-44-30-23(34)12-19(13-26(30)39(42)43)16-35-38-31(37-25-9-5-3-7-22(25)32(38)41)28-15-20-14-21(33)10-11-27(20)45-28/h2-16H,17H2,1H3,(H,36,40). The topological polar surface area (TPSA) is 142 Å². The normalized spacial score (nSPS) is 11.4. The molecule has 0 aliphatic rings. The number of carbonyl (C=O) groups excluding carboxylic acids is 1. The van der Waals surface area contributed by atoms with Crippen molar-refractivity contribution in [3.8, 4) is 17.3 Å². The largest absolute Gasteiger partial charge is 0.476 e. The summed E-state index contributed by atoms with van der Waals surface area (Å²) in [7, 11) is 0. The lowest BCUT2D eigenvalue weighted by Crippen LogP contribution is -2.21. The lowest BCUT2D eigenvalue weighted by molar-refractivity contribution is -0.385. The summed E-state index contributed by atoms with van der Waals surface area (Å²) in [5.41, 5.74) is 1.69. The number of ether oxygens (including phenoxy) is 1. The second-order valence-corrected chi connectivity index (χ2v) is 11.2. The van der Waals surface area contributed by atoms with Crippen molar-refractivity contribution in [1.29, 1.82) is 0 Å². The van der Waals surface area contributed by atoms with Gasteiger partial charge in [0.15, 0.2) is 12.4 Å². The van der Waals surface area contributed by atoms with Gasteiger partial charge in [-0.05, 0) is 61.0 Å². The molecule has 0 saturated heterocycles. The molecule has 0 aliphatic carbocycles. The van der Waals surface area contributed by atoms with Crippen LogP contribution in [0.15, 0.2) is 104 Å². The number of para-hydroxylation sites is 2. The van der Waals surface area contributed by atoms with Crippen LogP contribution in [-0.4, -0.2) is 33.3 Å². The van der Waals surface area contributed by atoms with Gasteiger partial charge >= 0.3 is 5.69 Å². The third-order valence-electron chi connectivity index (χ3n) is 6.78. The Morgan fingerprint density at radius 1 is 1.13 bits per heavy atom. The van der Waals surface area contributed by atoms with Crippen LogP contribution in [0.3, 0.4) is 0 Å². The summed E-state index contributed by atoms with van der Waals surface area (Å²) in [5.74, 6) is -0.381. The molecule has 1 amide bonds. The first-order valence-corrected chi connectivity index (χ1v) is 14.6. The Hall–Kier alpha value is -5.33. The number of aryl methyl sites for hydroxylation is 1. The Morgan fingerprint density at radius 2 is 1.91 bits per heavy atom. The minimum atomic E-state index is -0.681. The van der Waals surface area contributed by atoms with Gasteiger partial charge in [0, 0.05) is 27.2 Å². The van der Waals surface area contributed by atoms with E-state index >= 15 is 0 Å². The molecule has 2 heterocycles. The van der Waals surface area contributed by atoms with Crippen molar-refractivity contribution < 1.29 is 18.9 Å². The van der Waals surface area contributed by atoms with Gasteiger partial charge in [-0.3, -0.25) is 19.7 Å². The van der Waals surface area contributed by atoms with Crippen molar-refractivity contribution in [2.45, 2.75) is 6.92 Å². The molecular formula is C32H21BrClN5O6. The summed E-state index contributed by atoms with van der Waals surface area (Å²) in [4.78, 5) is 42.0. The highest BCUT2D eigenvalue weighted by Gasteiger charge is 2.22. The molecule has 0 spiro atoms. The number of amides is 1. The van der Waals surface area contributed by atoms with E-state index in [9.17, 15) is 19.7 Å². The third-order valence-corrected chi connectivity index (χ3v) is 7.56. The van der Waals surface area contributed by atoms with Gasteiger partial charge in [-0.25, -0.2) is 4.98 Å². The second kappa shape index (κ2) is 12.3. The molecule has 0 atom stereocenters. The number of nitro benzene ring substituents is 1. The lowest BCUT2D eigenvalue weighted by atomic mass is 10.2. The number of halogens is 2. The first-order valence-electron chi connectivity index (χ1n) is 13.4. The summed E-state index contributed by atoms with van der Waals surface area (Å²) in [5, 5.41) is 20.0. The molecule has 13 heteroatoms. The first-order chi connectivity index (χ1) is 21.7. The predicted octanol–water partition coefficient (Wildman–Crippen LogP) is 7.34. The van der Waals surface area contributed by atoms with Crippen LogP contribution in [0.5, 0.6) is 5.75 Å². The van der Waals surface area contributed by atoms with Crippen molar-refractivity contribution >= 4 is 72.9 Å². The summed E-state index contributed by atoms with van der Waals surface area (Å²) in [6.45, 7) is 1.32. The third kappa shape index (κ3) is 6.19. The number of rotatable bonds is 8. The van der Waals surface area contributed by atoms with Crippen molar-refractivity contribution in [2.75, 3.05) is 11.9 Å². The molecule has 0 bridgehead atoms. The molecule has 11 nitrogen and oxygen atoms in total. The van der Waals surface area contributed by atoms with Crippen molar-refractivity contribution in [3.05, 3.63) is 126 Å². The van der Waals surface area contributed by atoms with Gasteiger partial charge in [0.1, 0.15) is 5.58 Å². The fraction of sp³-hybridized carbons (Fsp3) is 0.0625. The summed E-state index contributed by atoms with van der Waals surface area (Å²) < 4.78 is 13.4. The number of nitrogens with zero attached hydrogens (tertiary/aromatic N) is 4. The Bertz CT molecular complexity index is 2230. The van der Waals surface area contributed by atoms with Crippen LogP contribution in [-0.2, 0) is 4.79 Å². The minimum Gasteiger partial charge on any atom is -0.476 e. The minimum absolute atomic E-state index is 0.124. The van der Waals surface area contributed by atoms with Gasteiger partial charge in [-0.15, -0.1) is 0 Å². The van der Waals surface area contributed by atoms with Crippen LogP contribution in [0.1, 0.15) is 11.1 Å². The van der Waals surface area contributed by atoms with E-state index in [2.05, 4.69) is 31.3 Å². The molecule has 0 fully saturated rings. The Balaban J connectivity index is 1.35. The van der Waals surface area contributed by atoms with Crippen LogP contribution in [0, 0.1) is 17.0 Å². The molecule has 4 aromatic carbocycles. The van der Waals surface area contributed by atoms with Crippen molar-refractivity contribution in [1.82, 2.24) is 9.66 Å². The highest BCUT2D eigenvalue weighted by molar-refractivity contribution is 9.10. The monoisotopic (exact) mass is 685 g/mol. The van der Waals surface area contributed by atoms with Crippen LogP contribution in [0.4, 0.5) is 11.4 Å². The quantitative estimate of drug-likeness (QED) is 0.100. The van der Waals surface area contributed by atoms with E-state index in [4.69, 9.17) is 20.8 Å². The molecule has 6 rings (SSSR count). The maximum atomic E-state index is 13.6. The zero-order chi connectivity index (χ0) is 31.7. The maximum absolute atomic E-state index is 13.6. The number of fused-ring (bicyclic) bond motifs is 2. The number of hydrogen-bond donors (Lipinski definition) is 1. The Morgan fingerprint density at radius 3 is 2.71 bits per heavy atom. The first kappa shape index (κ1) is 29.7. The molecule has 0 unspecified atom stereocenters. The second-order valence-electron chi connectivity index (χ2n) is 9.87. The zero-order valence-corrected chi connectivity index (χ0v) is 25.7. The number of benzene rings is 4. The highest BCUT2D eigenvalue weighted by Crippen LogP contribution is 2.36. The van der Waals surface area contributed by atoms with E-state index in [-0.39, 0.29) is 22.2 Å². The van der Waals surface area contributed by atoms with Gasteiger partial charge in [0.2, 0.25) is 11.6 Å². The lowest BCUT2D eigenvalue weighted by Gasteiger charge is -2.11. The fourth-order valence-corrected chi connectivity index (χ4v) is 5.28. The van der Waals surface area contributed by atoms with Gasteiger partial charge in [0.05, 0.1) is 27.1 Å². The number of nitrogens with one attached hydrogen (secondary N) is 1. The van der Waals surface area contributed by atoms with Crippen LogP contribution in [0.2, 0.25) is 5.02 Å². The van der Waals surface area contributed by atoms with E-state index in [1.165, 1.54) is 18.3 Å². The SMILES string of the molecule is Cc1ccccc1NC(=O)COc1c(Cl)cc(C=Nn2c(-c3cc4cc(Br)ccc4o3)nc3ccccc3c2=O)cc1[N+](=O)[O-]. The Kier molecular flexibility index (Phi) is 8.16. The fourth-order valence-electron chi connectivity index (χ4n) is 4.63. The van der Waals surface area contributed by atoms with E-state index in [1.54, 1.807) is 48.5 Å². The Labute approximate surface area is 268 Å². The number of nitro groups is 1. The zero-order valence-electron chi connectivity index (χ0n) is 23.4. The molecule has 0 saturated carbocycles. The molecule has 1 N–H and O–H groups in total. The van der Waals surface area contributed by atoms with Crippen LogP contribution in [0.25, 0.3) is 33.5 Å². The van der Waals surface area contributed by atoms with Crippen molar-refractivity contribution in [3.63, 3.8) is 0 Å². The van der Waals surface area contributed by atoms with Gasteiger partial charge < -0.3 is 14.5 Å². The number of aromatic nitrogens is 2. The predicted molar refractivity (Wildman–Crippen MR) is 175 cm³/mol.